The molecule has 0 saturated carbocycles. The molecule has 2 aromatic heterocycles. The van der Waals surface area contributed by atoms with Crippen LogP contribution in [0.1, 0.15) is 12.6 Å². The van der Waals surface area contributed by atoms with E-state index in [-0.39, 0.29) is 0 Å². The van der Waals surface area contributed by atoms with Crippen LogP contribution in [0.2, 0.25) is 0 Å². The van der Waals surface area contributed by atoms with Crippen LogP contribution >= 0.6 is 0 Å². The summed E-state index contributed by atoms with van der Waals surface area (Å²) in [6.45, 7) is 2.02. The minimum Gasteiger partial charge on any atom is -0.497 e. The van der Waals surface area contributed by atoms with Gasteiger partial charge in [0.25, 0.3) is 0 Å². The van der Waals surface area contributed by atoms with Crippen LogP contribution in [0.5, 0.6) is 5.75 Å². The van der Waals surface area contributed by atoms with Crippen molar-refractivity contribution in [2.45, 2.75) is 13.3 Å². The number of methoxy groups -OCH3 is 1. The average Bonchev–Trinajstić information content (AvgIpc) is 2.91. The normalized spacial score (nSPS) is 10.8. The molecule has 6 heteroatoms. The van der Waals surface area contributed by atoms with Crippen molar-refractivity contribution in [2.75, 3.05) is 7.11 Å². The summed E-state index contributed by atoms with van der Waals surface area (Å²) in [4.78, 5) is 8.23. The molecule has 0 N–H and O–H groups in total. The Bertz CT molecular complexity index is 705. The second-order valence-electron chi connectivity index (χ2n) is 4.00. The van der Waals surface area contributed by atoms with E-state index in [0.29, 0.717) is 5.65 Å². The van der Waals surface area contributed by atoms with Gasteiger partial charge in [-0.3, -0.25) is 0 Å². The molecule has 1 radical (unpaired) electrons. The molecule has 0 aliphatic rings. The fourth-order valence-corrected chi connectivity index (χ4v) is 1.89. The van der Waals surface area contributed by atoms with E-state index in [1.54, 1.807) is 11.8 Å². The SMILES string of the molecule is CCc1n[c]nc2c1nnn2-c1ccc(OC)cc1. The molecule has 3 aromatic rings. The van der Waals surface area contributed by atoms with Gasteiger partial charge in [0.15, 0.2) is 17.5 Å². The zero-order valence-corrected chi connectivity index (χ0v) is 10.7. The number of fused-ring (bicyclic) bond motifs is 1. The molecule has 0 amide bonds. The first-order chi connectivity index (χ1) is 9.33. The van der Waals surface area contributed by atoms with Crippen LogP contribution in [0.25, 0.3) is 16.9 Å². The molecule has 0 fully saturated rings. The highest BCUT2D eigenvalue weighted by molar-refractivity contribution is 5.73. The largest absolute Gasteiger partial charge is 0.497 e. The summed E-state index contributed by atoms with van der Waals surface area (Å²) in [5.74, 6) is 0.795. The van der Waals surface area contributed by atoms with Gasteiger partial charge in [-0.1, -0.05) is 12.1 Å². The highest BCUT2D eigenvalue weighted by atomic mass is 16.5. The topological polar surface area (TPSA) is 65.7 Å². The zero-order valence-electron chi connectivity index (χ0n) is 10.7. The number of rotatable bonds is 3. The molecular formula is C13H12N5O. The van der Waals surface area contributed by atoms with E-state index in [9.17, 15) is 0 Å². The van der Waals surface area contributed by atoms with Gasteiger partial charge in [0.2, 0.25) is 0 Å². The van der Waals surface area contributed by atoms with Crippen LogP contribution in [0.4, 0.5) is 0 Å². The smallest absolute Gasteiger partial charge is 0.200 e. The number of hydrogen-bond donors (Lipinski definition) is 0. The molecule has 19 heavy (non-hydrogen) atoms. The number of hydrogen-bond acceptors (Lipinski definition) is 5. The molecule has 0 unspecified atom stereocenters. The minimum absolute atomic E-state index is 0.664. The Morgan fingerprint density at radius 2 is 2.00 bits per heavy atom. The van der Waals surface area contributed by atoms with E-state index in [1.807, 2.05) is 31.2 Å². The fourth-order valence-electron chi connectivity index (χ4n) is 1.89. The molecule has 3 rings (SSSR count). The van der Waals surface area contributed by atoms with Gasteiger partial charge in [-0.15, -0.1) is 5.10 Å². The molecular weight excluding hydrogens is 242 g/mol. The summed E-state index contributed by atoms with van der Waals surface area (Å²) in [5, 5.41) is 8.28. The summed E-state index contributed by atoms with van der Waals surface area (Å²) in [7, 11) is 1.63. The van der Waals surface area contributed by atoms with Crippen LogP contribution in [0.3, 0.4) is 0 Å². The third kappa shape index (κ3) is 1.91. The molecule has 0 spiro atoms. The second-order valence-corrected chi connectivity index (χ2v) is 4.00. The molecule has 1 aromatic carbocycles. The molecule has 0 atom stereocenters. The van der Waals surface area contributed by atoms with E-state index in [0.717, 1.165) is 29.1 Å². The standard InChI is InChI=1S/C13H12N5O/c1-3-11-12-13(15-8-14-11)18(17-16-12)9-4-6-10(19-2)7-5-9/h4-7H,3H2,1-2H3. The fraction of sp³-hybridized carbons (Fsp3) is 0.231. The Kier molecular flexibility index (Phi) is 2.83. The quantitative estimate of drug-likeness (QED) is 0.710. The highest BCUT2D eigenvalue weighted by Crippen LogP contribution is 2.18. The minimum atomic E-state index is 0.664. The van der Waals surface area contributed by atoms with Gasteiger partial charge in [0.1, 0.15) is 5.75 Å². The molecule has 6 nitrogen and oxygen atoms in total. The van der Waals surface area contributed by atoms with Crippen molar-refractivity contribution in [3.8, 4) is 11.4 Å². The van der Waals surface area contributed by atoms with E-state index in [4.69, 9.17) is 4.74 Å². The van der Waals surface area contributed by atoms with Crippen molar-refractivity contribution in [3.05, 3.63) is 36.3 Å². The molecule has 2 heterocycles. The van der Waals surface area contributed by atoms with Crippen molar-refractivity contribution in [1.29, 1.82) is 0 Å². The van der Waals surface area contributed by atoms with Gasteiger partial charge in [-0.25, -0.2) is 9.97 Å². The third-order valence-corrected chi connectivity index (χ3v) is 2.91. The van der Waals surface area contributed by atoms with Crippen molar-refractivity contribution in [3.63, 3.8) is 0 Å². The number of aryl methyl sites for hydroxylation is 1. The monoisotopic (exact) mass is 254 g/mol. The van der Waals surface area contributed by atoms with Gasteiger partial charge in [0.05, 0.1) is 18.5 Å². The van der Waals surface area contributed by atoms with E-state index < -0.39 is 0 Å². The van der Waals surface area contributed by atoms with Gasteiger partial charge in [-0.05, 0) is 30.7 Å². The lowest BCUT2D eigenvalue weighted by molar-refractivity contribution is 0.414. The summed E-state index contributed by atoms with van der Waals surface area (Å²) < 4.78 is 6.81. The van der Waals surface area contributed by atoms with Crippen LogP contribution in [-0.4, -0.2) is 32.1 Å². The Labute approximate surface area is 110 Å². The summed E-state index contributed by atoms with van der Waals surface area (Å²) >= 11 is 0. The van der Waals surface area contributed by atoms with Crippen LogP contribution in [0, 0.1) is 6.33 Å². The third-order valence-electron chi connectivity index (χ3n) is 2.91. The van der Waals surface area contributed by atoms with Gasteiger partial charge >= 0.3 is 0 Å². The molecule has 0 aliphatic heterocycles. The highest BCUT2D eigenvalue weighted by Gasteiger charge is 2.11. The molecule has 0 aliphatic carbocycles. The number of nitrogens with zero attached hydrogens (tertiary/aromatic N) is 5. The molecule has 0 saturated heterocycles. The van der Waals surface area contributed by atoms with E-state index >= 15 is 0 Å². The Morgan fingerprint density at radius 1 is 1.21 bits per heavy atom. The number of benzene rings is 1. The van der Waals surface area contributed by atoms with Crippen LogP contribution < -0.4 is 4.74 Å². The van der Waals surface area contributed by atoms with Crippen molar-refractivity contribution < 1.29 is 4.74 Å². The zero-order chi connectivity index (χ0) is 13.2. The van der Waals surface area contributed by atoms with Crippen LogP contribution in [-0.2, 0) is 6.42 Å². The maximum absolute atomic E-state index is 5.13. The molecule has 0 bridgehead atoms. The van der Waals surface area contributed by atoms with Crippen molar-refractivity contribution in [1.82, 2.24) is 25.0 Å². The maximum atomic E-state index is 5.13. The van der Waals surface area contributed by atoms with Gasteiger partial charge in [-0.2, -0.15) is 4.68 Å². The van der Waals surface area contributed by atoms with Gasteiger partial charge < -0.3 is 4.74 Å². The maximum Gasteiger partial charge on any atom is 0.200 e. The first kappa shape index (κ1) is 11.6. The Hall–Kier alpha value is -2.50. The predicted molar refractivity (Wildman–Crippen MR) is 69.2 cm³/mol. The summed E-state index contributed by atoms with van der Waals surface area (Å²) in [6.07, 6.45) is 3.42. The average molecular weight is 254 g/mol. The first-order valence-corrected chi connectivity index (χ1v) is 5.96. The van der Waals surface area contributed by atoms with Crippen LogP contribution in [0.15, 0.2) is 24.3 Å². The van der Waals surface area contributed by atoms with Gasteiger partial charge in [0, 0.05) is 0 Å². The predicted octanol–water partition coefficient (Wildman–Crippen LogP) is 1.58. The second kappa shape index (κ2) is 4.64. The van der Waals surface area contributed by atoms with E-state index in [1.165, 1.54) is 0 Å². The molecule has 95 valence electrons. The van der Waals surface area contributed by atoms with Crippen molar-refractivity contribution in [2.24, 2.45) is 0 Å². The van der Waals surface area contributed by atoms with Crippen molar-refractivity contribution >= 4 is 11.2 Å². The Balaban J connectivity index is 2.14. The van der Waals surface area contributed by atoms with E-state index in [2.05, 4.69) is 26.6 Å². The summed E-state index contributed by atoms with van der Waals surface area (Å²) in [6, 6.07) is 7.55. The number of ether oxygens (including phenoxy) is 1. The number of aromatic nitrogens is 5. The lowest BCUT2D eigenvalue weighted by Crippen LogP contribution is -1.99. The lowest BCUT2D eigenvalue weighted by Gasteiger charge is -2.03. The first-order valence-electron chi connectivity index (χ1n) is 5.96. The lowest BCUT2D eigenvalue weighted by atomic mass is 10.3. The summed E-state index contributed by atoms with van der Waals surface area (Å²) in [5.41, 5.74) is 3.11. The Morgan fingerprint density at radius 3 is 2.68 bits per heavy atom.